The van der Waals surface area contributed by atoms with E-state index in [9.17, 15) is 0 Å². The zero-order chi connectivity index (χ0) is 10.4. The summed E-state index contributed by atoms with van der Waals surface area (Å²) in [7, 11) is 0. The zero-order valence-electron chi connectivity index (χ0n) is 9.82. The van der Waals surface area contributed by atoms with E-state index in [2.05, 4.69) is 41.5 Å². The predicted octanol–water partition coefficient (Wildman–Crippen LogP) is 2.12. The first-order valence-corrected chi connectivity index (χ1v) is 5.57. The summed E-state index contributed by atoms with van der Waals surface area (Å²) in [4.78, 5) is 0. The number of hydrogen-bond donors (Lipinski definition) is 0. The summed E-state index contributed by atoms with van der Waals surface area (Å²) in [6.07, 6.45) is 0. The van der Waals surface area contributed by atoms with Crippen LogP contribution in [-0.2, 0) is 9.47 Å². The number of epoxide rings is 2. The van der Waals surface area contributed by atoms with Crippen molar-refractivity contribution >= 4 is 0 Å². The van der Waals surface area contributed by atoms with Gasteiger partial charge in [-0.1, -0.05) is 13.8 Å². The van der Waals surface area contributed by atoms with Crippen LogP contribution in [0.5, 0.6) is 0 Å². The van der Waals surface area contributed by atoms with Gasteiger partial charge in [-0.3, -0.25) is 0 Å². The Balaban J connectivity index is 1.99. The molecule has 6 atom stereocenters. The van der Waals surface area contributed by atoms with Gasteiger partial charge in [0.1, 0.15) is 22.4 Å². The molecule has 0 aromatic carbocycles. The van der Waals surface area contributed by atoms with Gasteiger partial charge in [0.15, 0.2) is 0 Å². The Bertz CT molecular complexity index is 337. The van der Waals surface area contributed by atoms with E-state index in [0.29, 0.717) is 0 Å². The Labute approximate surface area is 85.0 Å². The average molecular weight is 194 g/mol. The molecule has 2 nitrogen and oxygen atoms in total. The first-order valence-electron chi connectivity index (χ1n) is 5.57. The van der Waals surface area contributed by atoms with Crippen molar-refractivity contribution in [1.29, 1.82) is 0 Å². The quantitative estimate of drug-likeness (QED) is 0.552. The van der Waals surface area contributed by atoms with Gasteiger partial charge in [-0.2, -0.15) is 0 Å². The lowest BCUT2D eigenvalue weighted by molar-refractivity contribution is -0.207. The van der Waals surface area contributed by atoms with Crippen molar-refractivity contribution in [3.05, 3.63) is 0 Å². The van der Waals surface area contributed by atoms with Crippen LogP contribution in [0.4, 0.5) is 0 Å². The molecule has 2 saturated carbocycles. The smallest absolute Gasteiger partial charge is 0.105 e. The molecule has 4 rings (SSSR count). The summed E-state index contributed by atoms with van der Waals surface area (Å²) in [6.45, 7) is 13.7. The van der Waals surface area contributed by atoms with Crippen LogP contribution >= 0.6 is 0 Å². The SMILES string of the molecule is CC12C(C)([C@]3(C)O[C@@]13C)[C@@]1(C)O[C@]21C. The maximum absolute atomic E-state index is 6.05. The summed E-state index contributed by atoms with van der Waals surface area (Å²) in [5.74, 6) is 0. The third-order valence-corrected chi connectivity index (χ3v) is 7.37. The van der Waals surface area contributed by atoms with Gasteiger partial charge in [-0.15, -0.1) is 0 Å². The van der Waals surface area contributed by atoms with Crippen molar-refractivity contribution in [3.8, 4) is 0 Å². The van der Waals surface area contributed by atoms with Gasteiger partial charge >= 0.3 is 0 Å². The highest BCUT2D eigenvalue weighted by atomic mass is 16.7. The van der Waals surface area contributed by atoms with Gasteiger partial charge in [-0.05, 0) is 27.7 Å². The summed E-state index contributed by atoms with van der Waals surface area (Å²) >= 11 is 0. The van der Waals surface area contributed by atoms with E-state index in [1.54, 1.807) is 0 Å². The van der Waals surface area contributed by atoms with Crippen LogP contribution < -0.4 is 0 Å². The lowest BCUT2D eigenvalue weighted by Gasteiger charge is -2.71. The highest BCUT2D eigenvalue weighted by molar-refractivity contribution is 5.60. The summed E-state index contributed by atoms with van der Waals surface area (Å²) in [6, 6.07) is 0. The van der Waals surface area contributed by atoms with Gasteiger partial charge in [0.05, 0.1) is 0 Å². The van der Waals surface area contributed by atoms with Gasteiger partial charge < -0.3 is 9.47 Å². The number of rotatable bonds is 0. The maximum Gasteiger partial charge on any atom is 0.105 e. The van der Waals surface area contributed by atoms with Gasteiger partial charge in [0.25, 0.3) is 0 Å². The van der Waals surface area contributed by atoms with Crippen molar-refractivity contribution in [2.24, 2.45) is 10.8 Å². The fourth-order valence-electron chi connectivity index (χ4n) is 5.78. The van der Waals surface area contributed by atoms with Gasteiger partial charge in [0.2, 0.25) is 0 Å². The highest BCUT2D eigenvalue weighted by Gasteiger charge is 3.13. The third kappa shape index (κ3) is 0.283. The highest BCUT2D eigenvalue weighted by Crippen LogP contribution is 3.01. The Kier molecular flexibility index (Phi) is 0.740. The standard InChI is InChI=1S/C12H18O2/c1-7-8(2,11(5)9(7,3)13-11)12(6)10(7,4)14-12/h1-6H3/t7?,8?,9-,10+,11-,12+. The van der Waals surface area contributed by atoms with E-state index in [1.807, 2.05) is 0 Å². The van der Waals surface area contributed by atoms with Crippen LogP contribution in [0.25, 0.3) is 0 Å². The molecule has 0 N–H and O–H groups in total. The Morgan fingerprint density at radius 3 is 0.929 bits per heavy atom. The summed E-state index contributed by atoms with van der Waals surface area (Å²) in [5.41, 5.74) is 0.713. The molecular formula is C12H18O2. The number of hydrogen-bond acceptors (Lipinski definition) is 2. The largest absolute Gasteiger partial charge is 0.362 e. The van der Waals surface area contributed by atoms with E-state index in [1.165, 1.54) is 0 Å². The van der Waals surface area contributed by atoms with Crippen LogP contribution in [0.2, 0.25) is 0 Å². The van der Waals surface area contributed by atoms with Crippen LogP contribution in [0.3, 0.4) is 0 Å². The minimum atomic E-state index is 0.0690. The zero-order valence-corrected chi connectivity index (χ0v) is 9.82. The average Bonchev–Trinajstić information content (AvgIpc) is 2.84. The minimum Gasteiger partial charge on any atom is -0.362 e. The summed E-state index contributed by atoms with van der Waals surface area (Å²) < 4.78 is 12.1. The molecule has 0 amide bonds. The molecule has 0 aromatic rings. The molecule has 2 heterocycles. The second kappa shape index (κ2) is 1.28. The molecule has 2 aliphatic carbocycles. The predicted molar refractivity (Wildman–Crippen MR) is 52.0 cm³/mol. The maximum atomic E-state index is 6.05. The molecule has 14 heavy (non-hydrogen) atoms. The summed E-state index contributed by atoms with van der Waals surface area (Å²) in [5, 5.41) is 0. The van der Waals surface area contributed by atoms with Crippen LogP contribution in [0.15, 0.2) is 0 Å². The lowest BCUT2D eigenvalue weighted by atomic mass is 9.24. The van der Waals surface area contributed by atoms with Crippen LogP contribution in [0.1, 0.15) is 41.5 Å². The molecule has 4 fully saturated rings. The second-order valence-electron chi connectivity index (χ2n) is 6.59. The molecule has 2 unspecified atom stereocenters. The Hall–Kier alpha value is -0.0800. The monoisotopic (exact) mass is 194 g/mol. The fraction of sp³-hybridized carbons (Fsp3) is 1.00. The molecule has 0 bridgehead atoms. The first kappa shape index (κ1) is 8.12. The molecule has 78 valence electrons. The molecule has 0 aromatic heterocycles. The second-order valence-corrected chi connectivity index (χ2v) is 6.59. The van der Waals surface area contributed by atoms with E-state index in [0.717, 1.165) is 0 Å². The molecule has 2 saturated heterocycles. The molecule has 0 spiro atoms. The number of fused-ring (bicyclic) bond motifs is 7. The molecule has 4 aliphatic rings. The van der Waals surface area contributed by atoms with Gasteiger partial charge in [-0.25, -0.2) is 0 Å². The Morgan fingerprint density at radius 1 is 0.500 bits per heavy atom. The van der Waals surface area contributed by atoms with Crippen molar-refractivity contribution in [2.75, 3.05) is 0 Å². The normalized spacial score (nSPS) is 87.0. The fourth-order valence-corrected chi connectivity index (χ4v) is 5.78. The topological polar surface area (TPSA) is 25.1 Å². The van der Waals surface area contributed by atoms with Crippen molar-refractivity contribution in [1.82, 2.24) is 0 Å². The molecule has 2 heteroatoms. The third-order valence-electron chi connectivity index (χ3n) is 7.37. The lowest BCUT2D eigenvalue weighted by Crippen LogP contribution is -2.85. The minimum absolute atomic E-state index is 0.0690. The van der Waals surface area contributed by atoms with E-state index in [-0.39, 0.29) is 33.2 Å². The van der Waals surface area contributed by atoms with Gasteiger partial charge in [0, 0.05) is 10.8 Å². The van der Waals surface area contributed by atoms with Crippen LogP contribution in [-0.4, -0.2) is 22.4 Å². The molecule has 2 aliphatic heterocycles. The molecular weight excluding hydrogens is 176 g/mol. The first-order chi connectivity index (χ1) is 6.16. The van der Waals surface area contributed by atoms with Crippen molar-refractivity contribution < 1.29 is 9.47 Å². The Morgan fingerprint density at radius 2 is 0.714 bits per heavy atom. The van der Waals surface area contributed by atoms with E-state index >= 15 is 0 Å². The van der Waals surface area contributed by atoms with Crippen molar-refractivity contribution in [2.45, 2.75) is 63.9 Å². The number of ether oxygens (including phenoxy) is 2. The van der Waals surface area contributed by atoms with Crippen molar-refractivity contribution in [3.63, 3.8) is 0 Å². The van der Waals surface area contributed by atoms with E-state index in [4.69, 9.17) is 9.47 Å². The molecule has 0 radical (unpaired) electrons. The van der Waals surface area contributed by atoms with Crippen LogP contribution in [0, 0.1) is 10.8 Å². The van der Waals surface area contributed by atoms with E-state index < -0.39 is 0 Å².